The molecule has 0 aliphatic carbocycles. The van der Waals surface area contributed by atoms with Crippen LogP contribution >= 0.6 is 0 Å². The van der Waals surface area contributed by atoms with Crippen LogP contribution in [0.2, 0.25) is 0 Å². The van der Waals surface area contributed by atoms with Gasteiger partial charge in [-0.3, -0.25) is 4.79 Å². The van der Waals surface area contributed by atoms with Gasteiger partial charge in [0.1, 0.15) is 5.75 Å². The summed E-state index contributed by atoms with van der Waals surface area (Å²) >= 11 is 0. The molecule has 2 nitrogen and oxygen atoms in total. The first-order valence-corrected chi connectivity index (χ1v) is 6.16. The molecule has 0 unspecified atom stereocenters. The van der Waals surface area contributed by atoms with E-state index in [-0.39, 0.29) is 5.78 Å². The lowest BCUT2D eigenvalue weighted by atomic mass is 9.95. The van der Waals surface area contributed by atoms with Crippen LogP contribution < -0.4 is 4.74 Å². The highest BCUT2D eigenvalue weighted by Gasteiger charge is 2.13. The minimum Gasteiger partial charge on any atom is -0.496 e. The number of Topliss-reactive ketones (excluding diaryl/α,β-unsaturated/α-hetero) is 1. The van der Waals surface area contributed by atoms with Crippen molar-refractivity contribution in [2.45, 2.75) is 40.0 Å². The normalized spacial score (nSPS) is 11.0. The number of methoxy groups -OCH3 is 1. The first-order valence-electron chi connectivity index (χ1n) is 6.16. The summed E-state index contributed by atoms with van der Waals surface area (Å²) in [6, 6.07) is 5.71. The topological polar surface area (TPSA) is 26.3 Å². The van der Waals surface area contributed by atoms with Crippen molar-refractivity contribution in [1.82, 2.24) is 0 Å². The summed E-state index contributed by atoms with van der Waals surface area (Å²) in [4.78, 5) is 12.0. The second-order valence-electron chi connectivity index (χ2n) is 5.13. The van der Waals surface area contributed by atoms with Gasteiger partial charge in [0.2, 0.25) is 0 Å². The van der Waals surface area contributed by atoms with Crippen LogP contribution in [-0.2, 0) is 0 Å². The van der Waals surface area contributed by atoms with E-state index in [4.69, 9.17) is 4.74 Å². The van der Waals surface area contributed by atoms with Gasteiger partial charge in [0.25, 0.3) is 0 Å². The molecule has 1 aromatic rings. The zero-order valence-corrected chi connectivity index (χ0v) is 11.4. The summed E-state index contributed by atoms with van der Waals surface area (Å²) in [5.74, 6) is 1.83. The molecule has 0 atom stereocenters. The molecule has 0 saturated carbocycles. The minimum absolute atomic E-state index is 0.213. The van der Waals surface area contributed by atoms with Crippen molar-refractivity contribution in [3.8, 4) is 5.75 Å². The number of hydrogen-bond acceptors (Lipinski definition) is 2. The number of carbonyl (C=O) groups is 1. The maximum atomic E-state index is 12.0. The lowest BCUT2D eigenvalue weighted by Gasteiger charge is -2.13. The van der Waals surface area contributed by atoms with Crippen molar-refractivity contribution in [3.05, 3.63) is 29.3 Å². The maximum Gasteiger partial charge on any atom is 0.163 e. The van der Waals surface area contributed by atoms with Gasteiger partial charge in [0, 0.05) is 12.0 Å². The predicted molar refractivity (Wildman–Crippen MR) is 70.9 cm³/mol. The molecular formula is C15H22O2. The average Bonchev–Trinajstić information content (AvgIpc) is 2.27. The molecule has 0 N–H and O–H groups in total. The van der Waals surface area contributed by atoms with Gasteiger partial charge in [-0.25, -0.2) is 0 Å². The zero-order chi connectivity index (χ0) is 13.0. The number of carbonyl (C=O) groups excluding carboxylic acids is 1. The third kappa shape index (κ3) is 3.58. The standard InChI is InChI=1S/C15H22O2/c1-10(2)8-14(16)12-6-7-15(17-5)13(9-12)11(3)4/h6-7,9-11H,8H2,1-5H3. The van der Waals surface area contributed by atoms with E-state index < -0.39 is 0 Å². The van der Waals surface area contributed by atoms with Crippen LogP contribution in [0.25, 0.3) is 0 Å². The smallest absolute Gasteiger partial charge is 0.163 e. The molecule has 2 heteroatoms. The summed E-state index contributed by atoms with van der Waals surface area (Å²) in [5.41, 5.74) is 1.89. The summed E-state index contributed by atoms with van der Waals surface area (Å²) in [6.07, 6.45) is 0.601. The Labute approximate surface area is 104 Å². The molecular weight excluding hydrogens is 212 g/mol. The van der Waals surface area contributed by atoms with Crippen LogP contribution in [0.5, 0.6) is 5.75 Å². The predicted octanol–water partition coefficient (Wildman–Crippen LogP) is 4.05. The van der Waals surface area contributed by atoms with E-state index in [0.29, 0.717) is 18.3 Å². The van der Waals surface area contributed by atoms with Gasteiger partial charge in [-0.1, -0.05) is 27.7 Å². The monoisotopic (exact) mass is 234 g/mol. The molecule has 1 aromatic carbocycles. The number of benzene rings is 1. The van der Waals surface area contributed by atoms with E-state index in [0.717, 1.165) is 16.9 Å². The largest absolute Gasteiger partial charge is 0.496 e. The van der Waals surface area contributed by atoms with Gasteiger partial charge in [-0.2, -0.15) is 0 Å². The van der Waals surface area contributed by atoms with Crippen molar-refractivity contribution >= 4 is 5.78 Å². The van der Waals surface area contributed by atoms with Gasteiger partial charge in [0.15, 0.2) is 5.78 Å². The first-order chi connectivity index (χ1) is 7.95. The molecule has 0 fully saturated rings. The van der Waals surface area contributed by atoms with Crippen LogP contribution in [0.1, 0.15) is 56.0 Å². The summed E-state index contributed by atoms with van der Waals surface area (Å²) in [5, 5.41) is 0. The Morgan fingerprint density at radius 2 is 1.88 bits per heavy atom. The molecule has 0 saturated heterocycles. The molecule has 0 spiro atoms. The third-order valence-electron chi connectivity index (χ3n) is 2.77. The molecule has 0 bridgehead atoms. The fourth-order valence-electron chi connectivity index (χ4n) is 1.85. The Morgan fingerprint density at radius 1 is 1.24 bits per heavy atom. The van der Waals surface area contributed by atoms with E-state index in [1.54, 1.807) is 7.11 Å². The Hall–Kier alpha value is -1.31. The molecule has 17 heavy (non-hydrogen) atoms. The SMILES string of the molecule is COc1ccc(C(=O)CC(C)C)cc1C(C)C. The molecule has 0 aliphatic heterocycles. The molecule has 0 aromatic heterocycles. The quantitative estimate of drug-likeness (QED) is 0.718. The Morgan fingerprint density at radius 3 is 2.35 bits per heavy atom. The summed E-state index contributed by atoms with van der Waals surface area (Å²) in [6.45, 7) is 8.33. The van der Waals surface area contributed by atoms with Crippen molar-refractivity contribution in [3.63, 3.8) is 0 Å². The van der Waals surface area contributed by atoms with Gasteiger partial charge in [0.05, 0.1) is 7.11 Å². The van der Waals surface area contributed by atoms with E-state index in [2.05, 4.69) is 27.7 Å². The van der Waals surface area contributed by atoms with E-state index >= 15 is 0 Å². The van der Waals surface area contributed by atoms with Crippen molar-refractivity contribution in [2.75, 3.05) is 7.11 Å². The number of rotatable bonds is 5. The van der Waals surface area contributed by atoms with Crippen molar-refractivity contribution in [2.24, 2.45) is 5.92 Å². The Bertz CT molecular complexity index is 392. The fraction of sp³-hybridized carbons (Fsp3) is 0.533. The number of hydrogen-bond donors (Lipinski definition) is 0. The molecule has 0 heterocycles. The highest BCUT2D eigenvalue weighted by molar-refractivity contribution is 5.96. The molecule has 0 aliphatic rings. The fourth-order valence-corrected chi connectivity index (χ4v) is 1.85. The van der Waals surface area contributed by atoms with Crippen LogP contribution in [0.15, 0.2) is 18.2 Å². The van der Waals surface area contributed by atoms with Crippen LogP contribution in [-0.4, -0.2) is 12.9 Å². The van der Waals surface area contributed by atoms with Crippen molar-refractivity contribution < 1.29 is 9.53 Å². The van der Waals surface area contributed by atoms with Gasteiger partial charge < -0.3 is 4.74 Å². The van der Waals surface area contributed by atoms with Gasteiger partial charge in [-0.15, -0.1) is 0 Å². The average molecular weight is 234 g/mol. The third-order valence-corrected chi connectivity index (χ3v) is 2.77. The zero-order valence-electron chi connectivity index (χ0n) is 11.4. The highest BCUT2D eigenvalue weighted by atomic mass is 16.5. The van der Waals surface area contributed by atoms with Crippen LogP contribution in [0.3, 0.4) is 0 Å². The Balaban J connectivity index is 3.03. The lowest BCUT2D eigenvalue weighted by molar-refractivity contribution is 0.0967. The second kappa shape index (κ2) is 5.85. The van der Waals surface area contributed by atoms with Crippen LogP contribution in [0, 0.1) is 5.92 Å². The van der Waals surface area contributed by atoms with Crippen LogP contribution in [0.4, 0.5) is 0 Å². The van der Waals surface area contributed by atoms with E-state index in [1.165, 1.54) is 0 Å². The minimum atomic E-state index is 0.213. The highest BCUT2D eigenvalue weighted by Crippen LogP contribution is 2.27. The maximum absolute atomic E-state index is 12.0. The van der Waals surface area contributed by atoms with Gasteiger partial charge in [-0.05, 0) is 35.6 Å². The molecule has 0 radical (unpaired) electrons. The first kappa shape index (κ1) is 13.8. The summed E-state index contributed by atoms with van der Waals surface area (Å²) < 4.78 is 5.31. The molecule has 94 valence electrons. The summed E-state index contributed by atoms with van der Waals surface area (Å²) in [7, 11) is 1.66. The Kier molecular flexibility index (Phi) is 4.73. The second-order valence-corrected chi connectivity index (χ2v) is 5.13. The molecule has 1 rings (SSSR count). The number of ketones is 1. The van der Waals surface area contributed by atoms with E-state index in [9.17, 15) is 4.79 Å². The lowest BCUT2D eigenvalue weighted by Crippen LogP contribution is -2.05. The van der Waals surface area contributed by atoms with Crippen molar-refractivity contribution in [1.29, 1.82) is 0 Å². The number of ether oxygens (including phenoxy) is 1. The molecule has 0 amide bonds. The van der Waals surface area contributed by atoms with E-state index in [1.807, 2.05) is 18.2 Å². The van der Waals surface area contributed by atoms with Gasteiger partial charge >= 0.3 is 0 Å².